The summed E-state index contributed by atoms with van der Waals surface area (Å²) in [5.74, 6) is -0.354. The van der Waals surface area contributed by atoms with Gasteiger partial charge in [0, 0.05) is 17.8 Å². The number of aromatic amines is 1. The van der Waals surface area contributed by atoms with Crippen molar-refractivity contribution in [3.8, 4) is 0 Å². The molecule has 0 radical (unpaired) electrons. The van der Waals surface area contributed by atoms with Gasteiger partial charge in [0.05, 0.1) is 11.7 Å². The predicted molar refractivity (Wildman–Crippen MR) is 75.4 cm³/mol. The summed E-state index contributed by atoms with van der Waals surface area (Å²) in [5, 5.41) is 11.5. The number of benzene rings is 1. The van der Waals surface area contributed by atoms with E-state index in [1.807, 2.05) is 24.3 Å². The molecule has 2 aromatic heterocycles. The molecule has 1 aromatic carbocycles. The van der Waals surface area contributed by atoms with E-state index in [1.165, 1.54) is 0 Å². The van der Waals surface area contributed by atoms with Crippen molar-refractivity contribution < 1.29 is 4.79 Å². The minimum atomic E-state index is -0.354. The highest BCUT2D eigenvalue weighted by Crippen LogP contribution is 2.14. The minimum Gasteiger partial charge on any atom is -0.277 e. The zero-order chi connectivity index (χ0) is 13.8. The molecule has 6 nitrogen and oxygen atoms in total. The van der Waals surface area contributed by atoms with Crippen molar-refractivity contribution in [2.24, 2.45) is 5.10 Å². The molecule has 3 aromatic rings. The third kappa shape index (κ3) is 2.39. The number of amides is 1. The maximum absolute atomic E-state index is 12.0. The fourth-order valence-corrected chi connectivity index (χ4v) is 1.80. The number of aromatic nitrogens is 3. The van der Waals surface area contributed by atoms with Crippen LogP contribution in [0.1, 0.15) is 16.1 Å². The molecule has 0 saturated carbocycles. The fourth-order valence-electron chi connectivity index (χ4n) is 1.80. The number of fused-ring (bicyclic) bond motifs is 1. The number of carbonyl (C=O) groups is 1. The molecule has 3 rings (SSSR count). The molecule has 98 valence electrons. The summed E-state index contributed by atoms with van der Waals surface area (Å²) in [7, 11) is 0. The molecule has 6 heteroatoms. The summed E-state index contributed by atoms with van der Waals surface area (Å²) < 4.78 is 0. The van der Waals surface area contributed by atoms with Crippen LogP contribution in [0.5, 0.6) is 0 Å². The molecule has 1 amide bonds. The molecular formula is C14H11N5O. The molecule has 0 aliphatic carbocycles. The summed E-state index contributed by atoms with van der Waals surface area (Å²) in [6.45, 7) is 0. The van der Waals surface area contributed by atoms with Crippen molar-refractivity contribution in [1.29, 1.82) is 0 Å². The maximum atomic E-state index is 12.0. The first-order valence-electron chi connectivity index (χ1n) is 6.01. The van der Waals surface area contributed by atoms with Crippen LogP contribution in [0.4, 0.5) is 0 Å². The van der Waals surface area contributed by atoms with Crippen molar-refractivity contribution in [1.82, 2.24) is 20.6 Å². The number of hydrogen-bond acceptors (Lipinski definition) is 4. The number of pyridine rings is 1. The van der Waals surface area contributed by atoms with Crippen molar-refractivity contribution in [3.05, 3.63) is 60.0 Å². The number of hydrogen-bond donors (Lipinski definition) is 2. The van der Waals surface area contributed by atoms with Crippen molar-refractivity contribution in [2.75, 3.05) is 0 Å². The first-order chi connectivity index (χ1) is 9.84. The second-order valence-electron chi connectivity index (χ2n) is 4.10. The summed E-state index contributed by atoms with van der Waals surface area (Å²) in [6, 6.07) is 11.0. The monoisotopic (exact) mass is 265 g/mol. The SMILES string of the molecule is O=C(N/N=C/c1ccncc1)c1n[nH]c2ccccc12. The highest BCUT2D eigenvalue weighted by atomic mass is 16.2. The Kier molecular flexibility index (Phi) is 3.20. The van der Waals surface area contributed by atoms with E-state index in [2.05, 4.69) is 25.7 Å². The van der Waals surface area contributed by atoms with Crippen LogP contribution in [-0.4, -0.2) is 27.3 Å². The van der Waals surface area contributed by atoms with Crippen LogP contribution in [0.3, 0.4) is 0 Å². The van der Waals surface area contributed by atoms with E-state index in [0.29, 0.717) is 5.69 Å². The molecule has 0 aliphatic rings. The highest BCUT2D eigenvalue weighted by Gasteiger charge is 2.12. The second-order valence-corrected chi connectivity index (χ2v) is 4.10. The van der Waals surface area contributed by atoms with Crippen LogP contribution in [0, 0.1) is 0 Å². The number of para-hydroxylation sites is 1. The number of carbonyl (C=O) groups excluding carboxylic acids is 1. The molecule has 2 heterocycles. The maximum Gasteiger partial charge on any atom is 0.292 e. The minimum absolute atomic E-state index is 0.326. The van der Waals surface area contributed by atoms with Gasteiger partial charge in [-0.2, -0.15) is 10.2 Å². The first-order valence-corrected chi connectivity index (χ1v) is 6.01. The number of rotatable bonds is 3. The van der Waals surface area contributed by atoms with Gasteiger partial charge >= 0.3 is 0 Å². The average Bonchev–Trinajstić information content (AvgIpc) is 2.92. The molecule has 0 fully saturated rings. The van der Waals surface area contributed by atoms with Gasteiger partial charge < -0.3 is 0 Å². The van der Waals surface area contributed by atoms with E-state index < -0.39 is 0 Å². The van der Waals surface area contributed by atoms with Crippen LogP contribution in [0.25, 0.3) is 10.9 Å². The van der Waals surface area contributed by atoms with Gasteiger partial charge in [-0.05, 0) is 23.8 Å². The topological polar surface area (TPSA) is 83.0 Å². The van der Waals surface area contributed by atoms with E-state index in [-0.39, 0.29) is 5.91 Å². The van der Waals surface area contributed by atoms with Gasteiger partial charge in [-0.3, -0.25) is 14.9 Å². The van der Waals surface area contributed by atoms with E-state index in [9.17, 15) is 4.79 Å². The lowest BCUT2D eigenvalue weighted by molar-refractivity contribution is 0.0951. The summed E-state index contributed by atoms with van der Waals surface area (Å²) in [5.41, 5.74) is 4.45. The van der Waals surface area contributed by atoms with Crippen molar-refractivity contribution in [3.63, 3.8) is 0 Å². The van der Waals surface area contributed by atoms with Gasteiger partial charge in [-0.1, -0.05) is 18.2 Å². The molecule has 0 unspecified atom stereocenters. The molecular weight excluding hydrogens is 254 g/mol. The third-order valence-corrected chi connectivity index (χ3v) is 2.77. The van der Waals surface area contributed by atoms with E-state index in [0.717, 1.165) is 16.5 Å². The number of H-pyrrole nitrogens is 1. The van der Waals surface area contributed by atoms with Crippen molar-refractivity contribution in [2.45, 2.75) is 0 Å². The van der Waals surface area contributed by atoms with Crippen LogP contribution < -0.4 is 5.43 Å². The summed E-state index contributed by atoms with van der Waals surface area (Å²) in [6.07, 6.45) is 4.86. The Balaban J connectivity index is 1.75. The zero-order valence-corrected chi connectivity index (χ0v) is 10.4. The van der Waals surface area contributed by atoms with Crippen LogP contribution in [0.2, 0.25) is 0 Å². The quantitative estimate of drug-likeness (QED) is 0.558. The average molecular weight is 265 g/mol. The number of nitrogens with one attached hydrogen (secondary N) is 2. The molecule has 2 N–H and O–H groups in total. The van der Waals surface area contributed by atoms with Gasteiger partial charge in [0.1, 0.15) is 0 Å². The molecule has 0 spiro atoms. The zero-order valence-electron chi connectivity index (χ0n) is 10.4. The van der Waals surface area contributed by atoms with Gasteiger partial charge in [-0.25, -0.2) is 5.43 Å². The van der Waals surface area contributed by atoms with Gasteiger partial charge in [0.25, 0.3) is 5.91 Å². The van der Waals surface area contributed by atoms with E-state index in [1.54, 1.807) is 30.7 Å². The molecule has 0 bridgehead atoms. The number of nitrogens with zero attached hydrogens (tertiary/aromatic N) is 3. The lowest BCUT2D eigenvalue weighted by atomic mass is 10.2. The van der Waals surface area contributed by atoms with E-state index >= 15 is 0 Å². The Morgan fingerprint density at radius 1 is 1.20 bits per heavy atom. The first kappa shape index (κ1) is 12.0. The fraction of sp³-hybridized carbons (Fsp3) is 0. The van der Waals surface area contributed by atoms with Crippen LogP contribution in [-0.2, 0) is 0 Å². The Bertz CT molecular complexity index is 763. The second kappa shape index (κ2) is 5.31. The van der Waals surface area contributed by atoms with Gasteiger partial charge in [-0.15, -0.1) is 0 Å². The Morgan fingerprint density at radius 3 is 2.85 bits per heavy atom. The number of hydrazone groups is 1. The van der Waals surface area contributed by atoms with Crippen LogP contribution in [0.15, 0.2) is 53.9 Å². The molecule has 20 heavy (non-hydrogen) atoms. The normalized spacial score (nSPS) is 11.0. The Hall–Kier alpha value is -3.02. The van der Waals surface area contributed by atoms with Crippen LogP contribution >= 0.6 is 0 Å². The van der Waals surface area contributed by atoms with Crippen molar-refractivity contribution >= 4 is 23.0 Å². The Morgan fingerprint density at radius 2 is 2.00 bits per heavy atom. The van der Waals surface area contributed by atoms with Gasteiger partial charge in [0.15, 0.2) is 5.69 Å². The lowest BCUT2D eigenvalue weighted by Crippen LogP contribution is -2.18. The Labute approximate surface area is 114 Å². The van der Waals surface area contributed by atoms with E-state index in [4.69, 9.17) is 0 Å². The lowest BCUT2D eigenvalue weighted by Gasteiger charge is -1.96. The molecule has 0 atom stereocenters. The summed E-state index contributed by atoms with van der Waals surface area (Å²) in [4.78, 5) is 15.9. The smallest absolute Gasteiger partial charge is 0.277 e. The molecule has 0 saturated heterocycles. The predicted octanol–water partition coefficient (Wildman–Crippen LogP) is 1.72. The highest BCUT2D eigenvalue weighted by molar-refractivity contribution is 6.04. The van der Waals surface area contributed by atoms with Gasteiger partial charge in [0.2, 0.25) is 0 Å². The third-order valence-electron chi connectivity index (χ3n) is 2.77. The largest absolute Gasteiger partial charge is 0.292 e. The molecule has 0 aliphatic heterocycles. The standard InChI is InChI=1S/C14H11N5O/c20-14(19-16-9-10-5-7-15-8-6-10)13-11-3-1-2-4-12(11)17-18-13/h1-9H,(H,17,18)(H,19,20)/b16-9+. The summed E-state index contributed by atoms with van der Waals surface area (Å²) >= 11 is 0.